The Labute approximate surface area is 103 Å². The third-order valence-electron chi connectivity index (χ3n) is 2.38. The second-order valence-electron chi connectivity index (χ2n) is 3.94. The van der Waals surface area contributed by atoms with E-state index in [9.17, 15) is 4.79 Å². The summed E-state index contributed by atoms with van der Waals surface area (Å²) in [4.78, 5) is 11.4. The van der Waals surface area contributed by atoms with Gasteiger partial charge in [-0.2, -0.15) is 0 Å². The Morgan fingerprint density at radius 2 is 1.88 bits per heavy atom. The molecule has 1 aromatic carbocycles. The number of hydrogen-bond donors (Lipinski definition) is 0. The average molecular weight is 232 g/mol. The molecule has 0 atom stereocenters. The first kappa shape index (κ1) is 13.5. The van der Waals surface area contributed by atoms with Crippen molar-refractivity contribution >= 4 is 5.97 Å². The molecule has 17 heavy (non-hydrogen) atoms. The van der Waals surface area contributed by atoms with E-state index in [2.05, 4.69) is 19.1 Å². The van der Waals surface area contributed by atoms with Gasteiger partial charge >= 0.3 is 5.97 Å². The summed E-state index contributed by atoms with van der Waals surface area (Å²) in [5, 5.41) is 0. The van der Waals surface area contributed by atoms with Crippen molar-refractivity contribution in [2.24, 2.45) is 0 Å². The summed E-state index contributed by atoms with van der Waals surface area (Å²) in [6, 6.07) is 9.18. The lowest BCUT2D eigenvalue weighted by molar-refractivity contribution is -0.134. The number of unbranched alkanes of at least 4 members (excludes halogenated alkanes) is 2. The maximum atomic E-state index is 11.4. The van der Waals surface area contributed by atoms with Crippen molar-refractivity contribution in [3.8, 4) is 5.75 Å². The normalized spacial score (nSPS) is 10.6. The van der Waals surface area contributed by atoms with Gasteiger partial charge in [0.1, 0.15) is 5.75 Å². The monoisotopic (exact) mass is 232 g/mol. The molecule has 2 nitrogen and oxygen atoms in total. The Kier molecular flexibility index (Phi) is 6.80. The van der Waals surface area contributed by atoms with Gasteiger partial charge in [-0.15, -0.1) is 0 Å². The summed E-state index contributed by atoms with van der Waals surface area (Å²) in [6.45, 7) is 2.17. The van der Waals surface area contributed by atoms with Gasteiger partial charge in [0.25, 0.3) is 0 Å². The lowest BCUT2D eigenvalue weighted by atomic mass is 10.2. The minimum Gasteiger partial charge on any atom is -0.427 e. The number of carbonyl (C=O) groups is 1. The van der Waals surface area contributed by atoms with Crippen molar-refractivity contribution < 1.29 is 9.53 Å². The zero-order chi connectivity index (χ0) is 12.3. The van der Waals surface area contributed by atoms with Gasteiger partial charge in [-0.1, -0.05) is 50.1 Å². The molecule has 0 aromatic heterocycles. The van der Waals surface area contributed by atoms with Gasteiger partial charge < -0.3 is 4.74 Å². The maximum absolute atomic E-state index is 11.4. The van der Waals surface area contributed by atoms with E-state index in [0.29, 0.717) is 12.2 Å². The van der Waals surface area contributed by atoms with Crippen LogP contribution in [0.4, 0.5) is 0 Å². The summed E-state index contributed by atoms with van der Waals surface area (Å²) < 4.78 is 5.17. The molecule has 0 saturated carbocycles. The highest BCUT2D eigenvalue weighted by Crippen LogP contribution is 2.09. The number of hydrogen-bond acceptors (Lipinski definition) is 2. The van der Waals surface area contributed by atoms with E-state index in [1.165, 1.54) is 12.8 Å². The summed E-state index contributed by atoms with van der Waals surface area (Å²) in [5.74, 6) is 0.448. The third-order valence-corrected chi connectivity index (χ3v) is 2.38. The van der Waals surface area contributed by atoms with Crippen molar-refractivity contribution in [3.63, 3.8) is 0 Å². The second kappa shape index (κ2) is 8.57. The minimum atomic E-state index is -0.170. The van der Waals surface area contributed by atoms with Gasteiger partial charge in [0, 0.05) is 6.42 Å². The van der Waals surface area contributed by atoms with Crippen LogP contribution in [-0.4, -0.2) is 5.97 Å². The molecule has 0 amide bonds. The Hall–Kier alpha value is -1.57. The molecule has 0 aliphatic rings. The number of esters is 1. The summed E-state index contributed by atoms with van der Waals surface area (Å²) in [7, 11) is 0. The Morgan fingerprint density at radius 1 is 1.18 bits per heavy atom. The van der Waals surface area contributed by atoms with E-state index in [0.717, 1.165) is 12.8 Å². The molecule has 1 rings (SSSR count). The first-order chi connectivity index (χ1) is 8.33. The fourth-order valence-electron chi connectivity index (χ4n) is 1.43. The van der Waals surface area contributed by atoms with Crippen molar-refractivity contribution in [1.82, 2.24) is 0 Å². The number of ether oxygens (including phenoxy) is 1. The lowest BCUT2D eigenvalue weighted by Crippen LogP contribution is -2.06. The maximum Gasteiger partial charge on any atom is 0.311 e. The highest BCUT2D eigenvalue weighted by molar-refractivity contribution is 5.72. The van der Waals surface area contributed by atoms with E-state index >= 15 is 0 Å². The van der Waals surface area contributed by atoms with Gasteiger partial charge in [0.2, 0.25) is 0 Å². The molecule has 0 unspecified atom stereocenters. The van der Waals surface area contributed by atoms with E-state index in [1.807, 2.05) is 18.2 Å². The topological polar surface area (TPSA) is 26.3 Å². The zero-order valence-electron chi connectivity index (χ0n) is 10.4. The van der Waals surface area contributed by atoms with Crippen molar-refractivity contribution in [1.29, 1.82) is 0 Å². The lowest BCUT2D eigenvalue weighted by Gasteiger charge is -2.01. The number of para-hydroxylation sites is 1. The smallest absolute Gasteiger partial charge is 0.311 e. The standard InChI is InChI=1S/C15H20O2/c1-2-3-4-5-6-10-13-15(16)17-14-11-8-7-9-12-14/h5-9,11-12H,2-4,10,13H2,1H3. The Morgan fingerprint density at radius 3 is 2.59 bits per heavy atom. The highest BCUT2D eigenvalue weighted by Gasteiger charge is 2.02. The zero-order valence-corrected chi connectivity index (χ0v) is 10.4. The molecule has 0 fully saturated rings. The van der Waals surface area contributed by atoms with Crippen molar-refractivity contribution in [2.45, 2.75) is 39.0 Å². The molecule has 0 N–H and O–H groups in total. The van der Waals surface area contributed by atoms with Crippen molar-refractivity contribution in [2.75, 3.05) is 0 Å². The Bertz CT molecular complexity index is 341. The number of carbonyl (C=O) groups excluding carboxylic acids is 1. The van der Waals surface area contributed by atoms with Gasteiger partial charge in [-0.3, -0.25) is 4.79 Å². The predicted octanol–water partition coefficient (Wildman–Crippen LogP) is 4.12. The van der Waals surface area contributed by atoms with Crippen LogP contribution in [0.15, 0.2) is 42.5 Å². The van der Waals surface area contributed by atoms with Crippen LogP contribution in [0.5, 0.6) is 5.75 Å². The highest BCUT2D eigenvalue weighted by atomic mass is 16.5. The van der Waals surface area contributed by atoms with E-state index in [-0.39, 0.29) is 5.97 Å². The molecule has 0 saturated heterocycles. The molecular weight excluding hydrogens is 212 g/mol. The number of allylic oxidation sites excluding steroid dienone is 2. The van der Waals surface area contributed by atoms with Crippen LogP contribution in [0.3, 0.4) is 0 Å². The van der Waals surface area contributed by atoms with Gasteiger partial charge in [-0.25, -0.2) is 0 Å². The van der Waals surface area contributed by atoms with Crippen LogP contribution in [-0.2, 0) is 4.79 Å². The predicted molar refractivity (Wildman–Crippen MR) is 70.0 cm³/mol. The molecule has 1 aromatic rings. The van der Waals surface area contributed by atoms with Crippen LogP contribution in [0, 0.1) is 0 Å². The fraction of sp³-hybridized carbons (Fsp3) is 0.400. The van der Waals surface area contributed by atoms with Crippen LogP contribution in [0.1, 0.15) is 39.0 Å². The Balaban J connectivity index is 2.16. The van der Waals surface area contributed by atoms with E-state index in [1.54, 1.807) is 12.1 Å². The summed E-state index contributed by atoms with van der Waals surface area (Å²) in [5.41, 5.74) is 0. The molecule has 0 aliphatic heterocycles. The van der Waals surface area contributed by atoms with E-state index in [4.69, 9.17) is 4.74 Å². The SMILES string of the molecule is CCCCC=CCCC(=O)Oc1ccccc1. The second-order valence-corrected chi connectivity index (χ2v) is 3.94. The van der Waals surface area contributed by atoms with Gasteiger partial charge in [-0.05, 0) is 25.0 Å². The fourth-order valence-corrected chi connectivity index (χ4v) is 1.43. The third kappa shape index (κ3) is 6.56. The largest absolute Gasteiger partial charge is 0.427 e. The molecule has 0 aliphatic carbocycles. The first-order valence-corrected chi connectivity index (χ1v) is 6.23. The number of rotatable bonds is 7. The van der Waals surface area contributed by atoms with E-state index < -0.39 is 0 Å². The molecule has 2 heteroatoms. The average Bonchev–Trinajstić information content (AvgIpc) is 2.35. The van der Waals surface area contributed by atoms with Gasteiger partial charge in [0.05, 0.1) is 0 Å². The minimum absolute atomic E-state index is 0.170. The van der Waals surface area contributed by atoms with Crippen LogP contribution < -0.4 is 4.74 Å². The molecule has 92 valence electrons. The molecule has 0 spiro atoms. The summed E-state index contributed by atoms with van der Waals surface area (Å²) >= 11 is 0. The molecule has 0 heterocycles. The van der Waals surface area contributed by atoms with Crippen LogP contribution in [0.25, 0.3) is 0 Å². The first-order valence-electron chi connectivity index (χ1n) is 6.23. The van der Waals surface area contributed by atoms with Crippen LogP contribution >= 0.6 is 0 Å². The molecule has 0 radical (unpaired) electrons. The van der Waals surface area contributed by atoms with Crippen molar-refractivity contribution in [3.05, 3.63) is 42.5 Å². The molecule has 0 bridgehead atoms. The molecular formula is C15H20O2. The summed E-state index contributed by atoms with van der Waals surface area (Å²) in [6.07, 6.45) is 8.92. The number of benzene rings is 1. The van der Waals surface area contributed by atoms with Gasteiger partial charge in [0.15, 0.2) is 0 Å². The quantitative estimate of drug-likeness (QED) is 0.306. The van der Waals surface area contributed by atoms with Crippen LogP contribution in [0.2, 0.25) is 0 Å².